The molecule has 5 heteroatoms. The van der Waals surface area contributed by atoms with E-state index in [1.54, 1.807) is 0 Å². The maximum absolute atomic E-state index is 5.66. The van der Waals surface area contributed by atoms with E-state index in [1.165, 1.54) is 0 Å². The molecule has 0 aromatic carbocycles. The third kappa shape index (κ3) is 4.28. The first kappa shape index (κ1) is 13.9. The minimum Gasteiger partial charge on any atom is -0.389 e. The quantitative estimate of drug-likeness (QED) is 0.758. The van der Waals surface area contributed by atoms with Gasteiger partial charge in [0.25, 0.3) is 0 Å². The molecular formula is C12H19N3OS. The highest BCUT2D eigenvalue weighted by Crippen LogP contribution is 2.14. The van der Waals surface area contributed by atoms with Crippen molar-refractivity contribution in [3.05, 3.63) is 23.4 Å². The molecule has 1 unspecified atom stereocenters. The zero-order valence-corrected chi connectivity index (χ0v) is 11.3. The Morgan fingerprint density at radius 3 is 2.88 bits per heavy atom. The molecule has 0 saturated carbocycles. The summed E-state index contributed by atoms with van der Waals surface area (Å²) in [6, 6.07) is 3.95. The van der Waals surface area contributed by atoms with Crippen LogP contribution in [0.5, 0.6) is 0 Å². The molecule has 0 amide bonds. The van der Waals surface area contributed by atoms with Crippen LogP contribution >= 0.6 is 12.2 Å². The van der Waals surface area contributed by atoms with Gasteiger partial charge in [-0.2, -0.15) is 0 Å². The summed E-state index contributed by atoms with van der Waals surface area (Å²) >= 11 is 5.00. The van der Waals surface area contributed by atoms with Crippen LogP contribution in [0.2, 0.25) is 0 Å². The molecule has 1 heterocycles. The number of ether oxygens (including phenoxy) is 1. The summed E-state index contributed by atoms with van der Waals surface area (Å²) in [4.78, 5) is 4.76. The molecule has 1 aromatic rings. The smallest absolute Gasteiger partial charge is 0.136 e. The summed E-state index contributed by atoms with van der Waals surface area (Å²) in [7, 11) is 0. The van der Waals surface area contributed by atoms with Crippen molar-refractivity contribution in [2.75, 3.05) is 18.5 Å². The Morgan fingerprint density at radius 1 is 1.59 bits per heavy atom. The van der Waals surface area contributed by atoms with E-state index in [0.717, 1.165) is 17.1 Å². The maximum atomic E-state index is 5.66. The maximum Gasteiger partial charge on any atom is 0.136 e. The van der Waals surface area contributed by atoms with Crippen LogP contribution in [-0.2, 0) is 4.74 Å². The topological polar surface area (TPSA) is 60.2 Å². The highest BCUT2D eigenvalue weighted by molar-refractivity contribution is 7.80. The number of aryl methyl sites for hydroxylation is 1. The molecule has 1 aromatic heterocycles. The van der Waals surface area contributed by atoms with Crippen LogP contribution in [-0.4, -0.2) is 29.2 Å². The second-order valence-electron chi connectivity index (χ2n) is 3.92. The summed E-state index contributed by atoms with van der Waals surface area (Å²) in [5, 5.41) is 3.26. The number of anilines is 1. The second kappa shape index (κ2) is 6.51. The Hall–Kier alpha value is -1.20. The van der Waals surface area contributed by atoms with E-state index in [-0.39, 0.29) is 6.04 Å². The van der Waals surface area contributed by atoms with Gasteiger partial charge in [-0.05, 0) is 32.9 Å². The van der Waals surface area contributed by atoms with Crippen molar-refractivity contribution >= 4 is 23.0 Å². The lowest BCUT2D eigenvalue weighted by Crippen LogP contribution is -2.25. The molecule has 0 aliphatic rings. The molecular weight excluding hydrogens is 234 g/mol. The van der Waals surface area contributed by atoms with Gasteiger partial charge in [-0.15, -0.1) is 0 Å². The zero-order chi connectivity index (χ0) is 12.8. The van der Waals surface area contributed by atoms with Crippen LogP contribution in [0.25, 0.3) is 0 Å². The highest BCUT2D eigenvalue weighted by atomic mass is 32.1. The van der Waals surface area contributed by atoms with Crippen molar-refractivity contribution in [2.24, 2.45) is 5.73 Å². The van der Waals surface area contributed by atoms with Crippen LogP contribution in [0, 0.1) is 6.92 Å². The van der Waals surface area contributed by atoms with Gasteiger partial charge < -0.3 is 15.8 Å². The van der Waals surface area contributed by atoms with E-state index in [9.17, 15) is 0 Å². The predicted molar refractivity (Wildman–Crippen MR) is 74.4 cm³/mol. The Balaban J connectivity index is 2.81. The number of nitrogens with two attached hydrogens (primary N) is 1. The molecule has 1 rings (SSSR count). The van der Waals surface area contributed by atoms with E-state index < -0.39 is 0 Å². The lowest BCUT2D eigenvalue weighted by molar-refractivity contribution is 0.141. The number of thiocarbonyl (C=S) groups is 1. The van der Waals surface area contributed by atoms with Crippen LogP contribution in [0.4, 0.5) is 5.82 Å². The average Bonchev–Trinajstić information content (AvgIpc) is 2.26. The first-order valence-electron chi connectivity index (χ1n) is 5.66. The molecule has 4 nitrogen and oxygen atoms in total. The van der Waals surface area contributed by atoms with E-state index in [4.69, 9.17) is 22.7 Å². The molecule has 17 heavy (non-hydrogen) atoms. The lowest BCUT2D eigenvalue weighted by Gasteiger charge is -2.17. The first-order chi connectivity index (χ1) is 8.04. The van der Waals surface area contributed by atoms with Gasteiger partial charge in [0, 0.05) is 18.3 Å². The fraction of sp³-hybridized carbons (Fsp3) is 0.500. The van der Waals surface area contributed by atoms with Gasteiger partial charge in [0.1, 0.15) is 10.8 Å². The fourth-order valence-corrected chi connectivity index (χ4v) is 1.60. The van der Waals surface area contributed by atoms with Gasteiger partial charge >= 0.3 is 0 Å². The van der Waals surface area contributed by atoms with E-state index >= 15 is 0 Å². The second-order valence-corrected chi connectivity index (χ2v) is 4.36. The molecule has 1 atom stereocenters. The predicted octanol–water partition coefficient (Wildman–Crippen LogP) is 1.86. The van der Waals surface area contributed by atoms with Crippen molar-refractivity contribution in [1.29, 1.82) is 0 Å². The molecule has 0 spiro atoms. The third-order valence-electron chi connectivity index (χ3n) is 2.26. The Kier molecular flexibility index (Phi) is 5.31. The number of nitrogens with zero attached hydrogens (tertiary/aromatic N) is 1. The molecule has 3 N–H and O–H groups in total. The SMILES string of the molecule is CCOCC(C)Nc1nc(C)ccc1C(N)=S. The Morgan fingerprint density at radius 2 is 2.29 bits per heavy atom. The van der Waals surface area contributed by atoms with Gasteiger partial charge in [0.05, 0.1) is 12.2 Å². The standard InChI is InChI=1S/C12H19N3OS/c1-4-16-7-9(3)15-12-10(11(13)17)6-5-8(2)14-12/h5-6,9H,4,7H2,1-3H3,(H2,13,17)(H,14,15). The van der Waals surface area contributed by atoms with Crippen LogP contribution in [0.15, 0.2) is 12.1 Å². The van der Waals surface area contributed by atoms with Crippen molar-refractivity contribution in [3.63, 3.8) is 0 Å². The molecule has 0 fully saturated rings. The molecule has 0 saturated heterocycles. The first-order valence-corrected chi connectivity index (χ1v) is 6.07. The van der Waals surface area contributed by atoms with Crippen molar-refractivity contribution in [2.45, 2.75) is 26.8 Å². The normalized spacial score (nSPS) is 12.2. The van der Waals surface area contributed by atoms with Crippen molar-refractivity contribution in [1.82, 2.24) is 4.98 Å². The van der Waals surface area contributed by atoms with Crippen molar-refractivity contribution < 1.29 is 4.74 Å². The minimum absolute atomic E-state index is 0.164. The van der Waals surface area contributed by atoms with Crippen LogP contribution in [0.1, 0.15) is 25.1 Å². The van der Waals surface area contributed by atoms with Gasteiger partial charge in [-0.1, -0.05) is 12.2 Å². The van der Waals surface area contributed by atoms with Gasteiger partial charge in [0.2, 0.25) is 0 Å². The van der Waals surface area contributed by atoms with Crippen molar-refractivity contribution in [3.8, 4) is 0 Å². The largest absolute Gasteiger partial charge is 0.389 e. The third-order valence-corrected chi connectivity index (χ3v) is 2.47. The number of rotatable bonds is 6. The fourth-order valence-electron chi connectivity index (χ4n) is 1.44. The number of aromatic nitrogens is 1. The summed E-state index contributed by atoms with van der Waals surface area (Å²) in [5.41, 5.74) is 7.36. The van der Waals surface area contributed by atoms with Crippen LogP contribution in [0.3, 0.4) is 0 Å². The average molecular weight is 253 g/mol. The molecule has 0 aliphatic heterocycles. The number of pyridine rings is 1. The number of nitrogens with one attached hydrogen (secondary N) is 1. The summed E-state index contributed by atoms with van der Waals surface area (Å²) in [6.07, 6.45) is 0. The molecule has 94 valence electrons. The number of hydrogen-bond donors (Lipinski definition) is 2. The number of hydrogen-bond acceptors (Lipinski definition) is 4. The molecule has 0 bridgehead atoms. The van der Waals surface area contributed by atoms with Gasteiger partial charge in [-0.25, -0.2) is 4.98 Å². The van der Waals surface area contributed by atoms with E-state index in [0.29, 0.717) is 18.2 Å². The summed E-state index contributed by atoms with van der Waals surface area (Å²) < 4.78 is 5.34. The van der Waals surface area contributed by atoms with E-state index in [1.807, 2.05) is 32.9 Å². The Labute approximate surface area is 108 Å². The summed E-state index contributed by atoms with van der Waals surface area (Å²) in [6.45, 7) is 7.27. The van der Waals surface area contributed by atoms with Crippen LogP contribution < -0.4 is 11.1 Å². The zero-order valence-electron chi connectivity index (χ0n) is 10.5. The molecule has 0 aliphatic carbocycles. The molecule has 0 radical (unpaired) electrons. The monoisotopic (exact) mass is 253 g/mol. The highest BCUT2D eigenvalue weighted by Gasteiger charge is 2.10. The lowest BCUT2D eigenvalue weighted by atomic mass is 10.2. The summed E-state index contributed by atoms with van der Waals surface area (Å²) in [5.74, 6) is 0.727. The Bertz CT molecular complexity index is 395. The minimum atomic E-state index is 0.164. The van der Waals surface area contributed by atoms with E-state index in [2.05, 4.69) is 10.3 Å². The van der Waals surface area contributed by atoms with Gasteiger partial charge in [-0.3, -0.25) is 0 Å². The van der Waals surface area contributed by atoms with Gasteiger partial charge in [0.15, 0.2) is 0 Å².